The van der Waals surface area contributed by atoms with Crippen molar-refractivity contribution in [2.75, 3.05) is 18.7 Å². The summed E-state index contributed by atoms with van der Waals surface area (Å²) in [4.78, 5) is 16.3. The molecule has 0 aliphatic carbocycles. The predicted octanol–water partition coefficient (Wildman–Crippen LogP) is 2.66. The number of hydrogen-bond donors (Lipinski definition) is 1. The molecule has 0 aliphatic rings. The highest BCUT2D eigenvalue weighted by molar-refractivity contribution is 7.13. The third kappa shape index (κ3) is 5.08. The molecule has 0 saturated heterocycles. The minimum atomic E-state index is -1.29. The van der Waals surface area contributed by atoms with E-state index >= 15 is 0 Å². The average molecular weight is 358 g/mol. The van der Waals surface area contributed by atoms with Crippen LogP contribution in [0.1, 0.15) is 24.2 Å². The summed E-state index contributed by atoms with van der Waals surface area (Å²) in [5, 5.41) is 10.2. The van der Waals surface area contributed by atoms with Gasteiger partial charge in [-0.2, -0.15) is 4.98 Å². The van der Waals surface area contributed by atoms with Crippen LogP contribution in [0, 0.1) is 0 Å². The molecule has 1 amide bonds. The molecule has 0 aliphatic heterocycles. The van der Waals surface area contributed by atoms with E-state index in [0.717, 1.165) is 11.3 Å². The van der Waals surface area contributed by atoms with Crippen LogP contribution in [0.25, 0.3) is 0 Å². The maximum absolute atomic E-state index is 12.6. The molecule has 1 N–H and O–H groups in total. The van der Waals surface area contributed by atoms with Crippen molar-refractivity contribution in [3.05, 3.63) is 23.2 Å². The van der Waals surface area contributed by atoms with Gasteiger partial charge in [0.05, 0.1) is 11.7 Å². The van der Waals surface area contributed by atoms with Crippen molar-refractivity contribution in [2.45, 2.75) is 26.1 Å². The van der Waals surface area contributed by atoms with Crippen molar-refractivity contribution in [3.8, 4) is 11.8 Å². The molecule has 0 atom stereocenters. The van der Waals surface area contributed by atoms with Crippen molar-refractivity contribution < 1.29 is 23.0 Å². The monoisotopic (exact) mass is 358 g/mol. The number of alkyl halides is 2. The van der Waals surface area contributed by atoms with E-state index < -0.39 is 25.4 Å². The number of carbonyl (C=O) groups excluding carboxylic acids is 1. The van der Waals surface area contributed by atoms with Crippen LogP contribution in [0.2, 0.25) is 0 Å². The van der Waals surface area contributed by atoms with E-state index in [0.29, 0.717) is 5.13 Å². The molecule has 0 aromatic carbocycles. The second kappa shape index (κ2) is 8.48. The number of nitrogens with zero attached hydrogens (tertiary/aromatic N) is 3. The molecule has 2 rings (SSSR count). The standard InChI is InChI=1S/C14H16F2N4O3S/c1-8(2)22-11-3-9(13(21)19-14-20-17-7-24-14)4-12(18-11)23-10(5-15)6-16/h3-4,7-8,10H,5-6H2,1-2H3,(H,19,20,21). The first-order valence-electron chi connectivity index (χ1n) is 7.06. The Kier molecular flexibility index (Phi) is 6.36. The predicted molar refractivity (Wildman–Crippen MR) is 84.2 cm³/mol. The van der Waals surface area contributed by atoms with Crippen LogP contribution >= 0.6 is 11.3 Å². The third-order valence-corrected chi connectivity index (χ3v) is 3.22. The molecule has 0 bridgehead atoms. The molecule has 24 heavy (non-hydrogen) atoms. The average Bonchev–Trinajstić information content (AvgIpc) is 3.04. The summed E-state index contributed by atoms with van der Waals surface area (Å²) in [6.45, 7) is 1.53. The highest BCUT2D eigenvalue weighted by atomic mass is 32.1. The minimum absolute atomic E-state index is 0.101. The summed E-state index contributed by atoms with van der Waals surface area (Å²) in [6, 6.07) is 2.69. The van der Waals surface area contributed by atoms with Gasteiger partial charge in [0, 0.05) is 12.1 Å². The summed E-state index contributed by atoms with van der Waals surface area (Å²) in [5.41, 5.74) is 1.62. The van der Waals surface area contributed by atoms with E-state index in [1.807, 2.05) is 0 Å². The summed E-state index contributed by atoms with van der Waals surface area (Å²) < 4.78 is 35.9. The summed E-state index contributed by atoms with van der Waals surface area (Å²) in [6.07, 6.45) is -1.49. The van der Waals surface area contributed by atoms with Gasteiger partial charge in [0.15, 0.2) is 6.10 Å². The molecule has 10 heteroatoms. The molecule has 7 nitrogen and oxygen atoms in total. The van der Waals surface area contributed by atoms with Crippen molar-refractivity contribution in [2.24, 2.45) is 0 Å². The second-order valence-corrected chi connectivity index (χ2v) is 5.78. The summed E-state index contributed by atoms with van der Waals surface area (Å²) >= 11 is 1.15. The number of amides is 1. The molecule has 0 unspecified atom stereocenters. The van der Waals surface area contributed by atoms with Crippen molar-refractivity contribution in [1.29, 1.82) is 0 Å². The van der Waals surface area contributed by atoms with Crippen molar-refractivity contribution >= 4 is 22.4 Å². The first kappa shape index (κ1) is 18.0. The number of hydrogen-bond acceptors (Lipinski definition) is 7. The molecule has 0 spiro atoms. The molecule has 0 fully saturated rings. The van der Waals surface area contributed by atoms with Gasteiger partial charge in [-0.05, 0) is 13.8 Å². The smallest absolute Gasteiger partial charge is 0.257 e. The van der Waals surface area contributed by atoms with E-state index in [1.54, 1.807) is 13.8 Å². The number of anilines is 1. The number of ether oxygens (including phenoxy) is 2. The number of nitrogens with one attached hydrogen (secondary N) is 1. The Morgan fingerprint density at radius 1 is 1.25 bits per heavy atom. The van der Waals surface area contributed by atoms with Gasteiger partial charge in [0.1, 0.15) is 18.9 Å². The van der Waals surface area contributed by atoms with E-state index in [4.69, 9.17) is 9.47 Å². The quantitative estimate of drug-likeness (QED) is 0.781. The Balaban J connectivity index is 2.25. The van der Waals surface area contributed by atoms with Crippen molar-refractivity contribution in [1.82, 2.24) is 15.2 Å². The van der Waals surface area contributed by atoms with Gasteiger partial charge in [-0.1, -0.05) is 11.3 Å². The number of halogens is 2. The lowest BCUT2D eigenvalue weighted by molar-refractivity contribution is 0.102. The van der Waals surface area contributed by atoms with Crippen LogP contribution in [0.3, 0.4) is 0 Å². The summed E-state index contributed by atoms with van der Waals surface area (Å²) in [7, 11) is 0. The molecule has 2 aromatic rings. The van der Waals surface area contributed by atoms with Gasteiger partial charge in [0.25, 0.3) is 5.91 Å². The lowest BCUT2D eigenvalue weighted by Gasteiger charge is -2.15. The Morgan fingerprint density at radius 3 is 2.46 bits per heavy atom. The van der Waals surface area contributed by atoms with Crippen LogP contribution in [0.4, 0.5) is 13.9 Å². The van der Waals surface area contributed by atoms with E-state index in [2.05, 4.69) is 20.5 Å². The lowest BCUT2D eigenvalue weighted by Crippen LogP contribution is -2.22. The maximum Gasteiger partial charge on any atom is 0.257 e. The fourth-order valence-electron chi connectivity index (χ4n) is 1.65. The molecule has 0 radical (unpaired) electrons. The van der Waals surface area contributed by atoms with Crippen molar-refractivity contribution in [3.63, 3.8) is 0 Å². The summed E-state index contributed by atoms with van der Waals surface area (Å²) in [5.74, 6) is -0.484. The lowest BCUT2D eigenvalue weighted by atomic mass is 10.2. The van der Waals surface area contributed by atoms with E-state index in [9.17, 15) is 13.6 Å². The second-order valence-electron chi connectivity index (χ2n) is 4.95. The number of pyridine rings is 1. The molecular formula is C14H16F2N4O3S. The Hall–Kier alpha value is -2.36. The van der Waals surface area contributed by atoms with Gasteiger partial charge in [-0.3, -0.25) is 10.1 Å². The molecule has 2 aromatic heterocycles. The first-order chi connectivity index (χ1) is 11.5. The zero-order valence-corrected chi connectivity index (χ0v) is 13.8. The number of aromatic nitrogens is 3. The topological polar surface area (TPSA) is 86.2 Å². The highest BCUT2D eigenvalue weighted by Gasteiger charge is 2.17. The Labute approximate surface area is 141 Å². The van der Waals surface area contributed by atoms with Gasteiger partial charge >= 0.3 is 0 Å². The Bertz CT molecular complexity index is 666. The Morgan fingerprint density at radius 2 is 1.92 bits per heavy atom. The van der Waals surface area contributed by atoms with Gasteiger partial charge in [0.2, 0.25) is 16.9 Å². The van der Waals surface area contributed by atoms with Gasteiger partial charge < -0.3 is 9.47 Å². The largest absolute Gasteiger partial charge is 0.475 e. The normalized spacial score (nSPS) is 10.9. The number of rotatable bonds is 8. The van der Waals surface area contributed by atoms with Gasteiger partial charge in [-0.15, -0.1) is 10.2 Å². The fourth-order valence-corrected chi connectivity index (χ4v) is 2.09. The molecular weight excluding hydrogens is 342 g/mol. The molecule has 130 valence electrons. The first-order valence-corrected chi connectivity index (χ1v) is 7.94. The molecule has 2 heterocycles. The number of carbonyl (C=O) groups is 1. The van der Waals surface area contributed by atoms with Gasteiger partial charge in [-0.25, -0.2) is 8.78 Å². The minimum Gasteiger partial charge on any atom is -0.475 e. The van der Waals surface area contributed by atoms with Crippen LogP contribution in [-0.2, 0) is 0 Å². The van der Waals surface area contributed by atoms with Crippen LogP contribution in [0.5, 0.6) is 11.8 Å². The van der Waals surface area contributed by atoms with Crippen LogP contribution in [-0.4, -0.2) is 46.6 Å². The molecule has 0 saturated carbocycles. The zero-order valence-electron chi connectivity index (χ0n) is 13.0. The fraction of sp³-hybridized carbons (Fsp3) is 0.429. The van der Waals surface area contributed by atoms with Crippen LogP contribution in [0.15, 0.2) is 17.6 Å². The van der Waals surface area contributed by atoms with Crippen LogP contribution < -0.4 is 14.8 Å². The SMILES string of the molecule is CC(C)Oc1cc(C(=O)Nc2nncs2)cc(OC(CF)CF)n1. The maximum atomic E-state index is 12.6. The third-order valence-electron chi connectivity index (χ3n) is 2.61. The highest BCUT2D eigenvalue weighted by Crippen LogP contribution is 2.21. The zero-order chi connectivity index (χ0) is 17.5. The van der Waals surface area contributed by atoms with E-state index in [1.165, 1.54) is 17.6 Å². The van der Waals surface area contributed by atoms with E-state index in [-0.39, 0.29) is 23.4 Å².